The van der Waals surface area contributed by atoms with Gasteiger partial charge in [0.1, 0.15) is 0 Å². The number of nitrogens with zero attached hydrogens (tertiary/aromatic N) is 9. The lowest BCUT2D eigenvalue weighted by atomic mass is 9.92. The Labute approximate surface area is 428 Å². The number of urea groups is 1. The highest BCUT2D eigenvalue weighted by Crippen LogP contribution is 2.44. The Morgan fingerprint density at radius 3 is 2.42 bits per heavy atom. The van der Waals surface area contributed by atoms with Gasteiger partial charge in [-0.1, -0.05) is 18.2 Å². The summed E-state index contributed by atoms with van der Waals surface area (Å²) in [5, 5.41) is 20.4. The second-order valence-electron chi connectivity index (χ2n) is 19.0. The molecule has 0 bridgehead atoms. The number of alkyl halides is 2. The Kier molecular flexibility index (Phi) is 15.8. The first-order chi connectivity index (χ1) is 35.7. The predicted molar refractivity (Wildman–Crippen MR) is 280 cm³/mol. The zero-order chi connectivity index (χ0) is 50.4. The minimum atomic E-state index is -2.68. The number of nitrogens with one attached hydrogen (secondary N) is 2. The molecule has 1 fully saturated rings. The fraction of sp³-hybridized carbons (Fsp3) is 0.463. The standard InChI is InChI=1S/C54H65F2N11O5S/c1-4-65-47-10-7-36(26-43(47)41-9-8-37(28-50(41)65)46-34-73-35-59-46)30-58-15-21-71-23-25-72-24-22-70-20-14-51(68)63-17-11-40(12-18-63)67-48-13-19-64(54(69)57-2)33-45(48)53(61-67)66-16-5-6-38-27-42(39-31-60-62(3)32-39)44(52(55)56)29-49(38)66/h7-10,26-29,31-32,34-35,40,52,58H,4-6,11-25,30,33H2,1-3H3,(H,57,69). The Morgan fingerprint density at radius 2 is 1.68 bits per heavy atom. The first-order valence-electron chi connectivity index (χ1n) is 25.6. The number of hydrogen-bond acceptors (Lipinski definition) is 11. The fourth-order valence-electron chi connectivity index (χ4n) is 10.8. The van der Waals surface area contributed by atoms with E-state index in [4.69, 9.17) is 19.3 Å². The van der Waals surface area contributed by atoms with Crippen LogP contribution in [0.5, 0.6) is 0 Å². The van der Waals surface area contributed by atoms with Gasteiger partial charge in [-0.05, 0) is 79.6 Å². The summed E-state index contributed by atoms with van der Waals surface area (Å²) < 4.78 is 52.9. The minimum absolute atomic E-state index is 0.0446. The monoisotopic (exact) mass is 1020 g/mol. The number of hydrogen-bond donors (Lipinski definition) is 2. The zero-order valence-electron chi connectivity index (χ0n) is 42.0. The van der Waals surface area contributed by atoms with Crippen LogP contribution in [0.2, 0.25) is 0 Å². The number of anilines is 2. The smallest absolute Gasteiger partial charge is 0.317 e. The summed E-state index contributed by atoms with van der Waals surface area (Å²) in [6.45, 7) is 9.92. The van der Waals surface area contributed by atoms with Crippen molar-refractivity contribution < 1.29 is 32.6 Å². The summed E-state index contributed by atoms with van der Waals surface area (Å²) in [5.74, 6) is 0.765. The third-order valence-electron chi connectivity index (χ3n) is 14.5. The number of carbonyl (C=O) groups is 2. The average Bonchev–Trinajstić information content (AvgIpc) is 4.25. The van der Waals surface area contributed by atoms with Crippen molar-refractivity contribution in [1.82, 2.24) is 49.5 Å². The molecule has 4 aromatic heterocycles. The molecular weight excluding hydrogens is 953 g/mol. The number of rotatable bonds is 20. The highest BCUT2D eigenvalue weighted by atomic mass is 32.1. The maximum absolute atomic E-state index is 14.7. The molecule has 2 N–H and O–H groups in total. The highest BCUT2D eigenvalue weighted by Gasteiger charge is 2.35. The number of carbonyl (C=O) groups excluding carboxylic acids is 2. The van der Waals surface area contributed by atoms with Crippen molar-refractivity contribution in [2.45, 2.75) is 77.6 Å². The van der Waals surface area contributed by atoms with Crippen LogP contribution in [0.4, 0.5) is 25.1 Å². The van der Waals surface area contributed by atoms with E-state index < -0.39 is 6.43 Å². The van der Waals surface area contributed by atoms with Crippen LogP contribution in [0.3, 0.4) is 0 Å². The quantitative estimate of drug-likeness (QED) is 0.0711. The molecule has 10 rings (SSSR count). The van der Waals surface area contributed by atoms with Gasteiger partial charge in [-0.25, -0.2) is 18.6 Å². The number of thiazole rings is 1. The number of amides is 3. The molecule has 7 heterocycles. The number of aryl methyl sites for hydroxylation is 3. The van der Waals surface area contributed by atoms with E-state index >= 15 is 0 Å². The van der Waals surface area contributed by atoms with E-state index in [2.05, 4.69) is 83.6 Å². The van der Waals surface area contributed by atoms with Crippen molar-refractivity contribution in [1.29, 1.82) is 0 Å². The summed E-state index contributed by atoms with van der Waals surface area (Å²) in [4.78, 5) is 36.5. The normalized spacial score (nSPS) is 15.2. The van der Waals surface area contributed by atoms with Crippen LogP contribution < -0.4 is 15.5 Å². The average molecular weight is 1020 g/mol. The van der Waals surface area contributed by atoms with Crippen LogP contribution in [0.15, 0.2) is 71.8 Å². The zero-order valence-corrected chi connectivity index (χ0v) is 42.8. The number of likely N-dealkylation sites (tertiary alicyclic amines) is 1. The lowest BCUT2D eigenvalue weighted by molar-refractivity contribution is -0.133. The molecule has 3 aromatic carbocycles. The number of aromatic nitrogens is 6. The third kappa shape index (κ3) is 10.9. The number of halogens is 2. The van der Waals surface area contributed by atoms with E-state index in [1.807, 2.05) is 16.5 Å². The Hall–Kier alpha value is -6.25. The van der Waals surface area contributed by atoms with E-state index in [0.29, 0.717) is 102 Å². The van der Waals surface area contributed by atoms with Crippen molar-refractivity contribution in [3.05, 3.63) is 99.8 Å². The van der Waals surface area contributed by atoms with Gasteiger partial charge in [0.15, 0.2) is 5.82 Å². The molecule has 3 aliphatic heterocycles. The van der Waals surface area contributed by atoms with Gasteiger partial charge in [-0.15, -0.1) is 11.3 Å². The molecule has 0 unspecified atom stereocenters. The summed E-state index contributed by atoms with van der Waals surface area (Å²) in [6, 6.07) is 16.7. The van der Waals surface area contributed by atoms with Crippen LogP contribution in [-0.4, -0.2) is 130 Å². The molecule has 1 saturated heterocycles. The second kappa shape index (κ2) is 22.9. The topological polar surface area (TPSA) is 149 Å². The fourth-order valence-corrected chi connectivity index (χ4v) is 11.4. The van der Waals surface area contributed by atoms with Crippen molar-refractivity contribution in [2.24, 2.45) is 7.05 Å². The lowest BCUT2D eigenvalue weighted by Crippen LogP contribution is -2.42. The van der Waals surface area contributed by atoms with Gasteiger partial charge in [-0.2, -0.15) is 10.2 Å². The summed E-state index contributed by atoms with van der Waals surface area (Å²) >= 11 is 1.61. The molecule has 16 nitrogen and oxygen atoms in total. The first-order valence-corrected chi connectivity index (χ1v) is 26.6. The number of ether oxygens (including phenoxy) is 3. The van der Waals surface area contributed by atoms with Gasteiger partial charge in [0.05, 0.1) is 76.1 Å². The molecule has 7 aromatic rings. The second-order valence-corrected chi connectivity index (χ2v) is 19.7. The Bertz CT molecular complexity index is 3040. The largest absolute Gasteiger partial charge is 0.379 e. The van der Waals surface area contributed by atoms with Gasteiger partial charge < -0.3 is 44.1 Å². The molecule has 0 spiro atoms. The van der Waals surface area contributed by atoms with Crippen molar-refractivity contribution >= 4 is 56.6 Å². The third-order valence-corrected chi connectivity index (χ3v) is 15.1. The van der Waals surface area contributed by atoms with Gasteiger partial charge in [0.2, 0.25) is 5.91 Å². The van der Waals surface area contributed by atoms with E-state index in [1.54, 1.807) is 53.5 Å². The van der Waals surface area contributed by atoms with Gasteiger partial charge >= 0.3 is 6.03 Å². The van der Waals surface area contributed by atoms with Crippen LogP contribution >= 0.6 is 11.3 Å². The summed E-state index contributed by atoms with van der Waals surface area (Å²) in [7, 11) is 3.40. The SMILES string of the molecule is CCn1c2ccc(CNCCOCCOCCOCCC(=O)N3CCC(n4nc(N5CCCc6cc(-c7cnn(C)c7)c(C(F)F)cc65)c5c4CCN(C(=O)NC)C5)CC3)cc2c2ccc(-c3cscn3)cc21. The molecule has 19 heteroatoms. The van der Waals surface area contributed by atoms with Gasteiger partial charge in [-0.3, -0.25) is 14.2 Å². The lowest BCUT2D eigenvalue weighted by Gasteiger charge is -2.34. The maximum Gasteiger partial charge on any atom is 0.317 e. The van der Waals surface area contributed by atoms with E-state index in [9.17, 15) is 18.4 Å². The maximum atomic E-state index is 14.7. The Morgan fingerprint density at radius 1 is 0.877 bits per heavy atom. The molecule has 0 aliphatic carbocycles. The predicted octanol–water partition coefficient (Wildman–Crippen LogP) is 8.65. The molecule has 0 saturated carbocycles. The van der Waals surface area contributed by atoms with Crippen molar-refractivity contribution in [3.63, 3.8) is 0 Å². The summed E-state index contributed by atoms with van der Waals surface area (Å²) in [6.07, 6.45) is 4.63. The van der Waals surface area contributed by atoms with Gasteiger partial charge in [0.25, 0.3) is 6.43 Å². The molecule has 3 amide bonds. The van der Waals surface area contributed by atoms with Crippen molar-refractivity contribution in [3.8, 4) is 22.4 Å². The van der Waals surface area contributed by atoms with E-state index in [0.717, 1.165) is 79.1 Å². The van der Waals surface area contributed by atoms with E-state index in [-0.39, 0.29) is 23.5 Å². The number of fused-ring (bicyclic) bond motifs is 5. The molecule has 0 atom stereocenters. The minimum Gasteiger partial charge on any atom is -0.379 e. The molecule has 3 aliphatic rings. The van der Waals surface area contributed by atoms with Crippen LogP contribution in [-0.2, 0) is 58.5 Å². The molecule has 386 valence electrons. The van der Waals surface area contributed by atoms with E-state index in [1.165, 1.54) is 27.4 Å². The summed E-state index contributed by atoms with van der Waals surface area (Å²) in [5.41, 5.74) is 12.5. The van der Waals surface area contributed by atoms with Crippen LogP contribution in [0.1, 0.15) is 73.0 Å². The number of piperidine rings is 1. The highest BCUT2D eigenvalue weighted by molar-refractivity contribution is 7.07. The van der Waals surface area contributed by atoms with Crippen LogP contribution in [0, 0.1) is 0 Å². The number of benzene rings is 3. The Balaban J connectivity index is 0.648. The molecular formula is C54H65F2N11O5S. The first kappa shape index (κ1) is 50.3. The van der Waals surface area contributed by atoms with Gasteiger partial charge in [0, 0.05) is 133 Å². The molecule has 73 heavy (non-hydrogen) atoms. The molecule has 0 radical (unpaired) electrons. The van der Waals surface area contributed by atoms with Crippen molar-refractivity contribution in [2.75, 3.05) is 84.3 Å². The van der Waals surface area contributed by atoms with Crippen LogP contribution in [0.25, 0.3) is 44.2 Å².